The number of benzene rings is 4. The first-order valence-electron chi connectivity index (χ1n) is 14.7. The van der Waals surface area contributed by atoms with Crippen molar-refractivity contribution in [2.24, 2.45) is 0 Å². The molecule has 6 aromatic rings. The Kier molecular flexibility index (Phi) is 8.42. The fourth-order valence-electron chi connectivity index (χ4n) is 5.85. The lowest BCUT2D eigenvalue weighted by molar-refractivity contribution is 0.0523. The van der Waals surface area contributed by atoms with Crippen molar-refractivity contribution in [3.63, 3.8) is 0 Å². The molecule has 7 heteroatoms. The van der Waals surface area contributed by atoms with Crippen LogP contribution >= 0.6 is 0 Å². The molecule has 0 saturated carbocycles. The molecule has 0 amide bonds. The van der Waals surface area contributed by atoms with Gasteiger partial charge in [-0.1, -0.05) is 97.1 Å². The largest absolute Gasteiger partial charge is 0.495 e. The summed E-state index contributed by atoms with van der Waals surface area (Å²) in [5.41, 5.74) is 4.78. The maximum Gasteiger partial charge on any atom is 0.341 e. The fourth-order valence-corrected chi connectivity index (χ4v) is 5.85. The second-order valence-electron chi connectivity index (χ2n) is 10.3. The van der Waals surface area contributed by atoms with Crippen molar-refractivity contribution in [1.82, 2.24) is 14.8 Å². The van der Waals surface area contributed by atoms with Crippen molar-refractivity contribution in [2.45, 2.75) is 12.5 Å². The zero-order valence-electron chi connectivity index (χ0n) is 25.4. The first-order valence-corrected chi connectivity index (χ1v) is 14.7. The Balaban J connectivity index is 1.72. The first kappa shape index (κ1) is 29.4. The van der Waals surface area contributed by atoms with Crippen LogP contribution in [0.25, 0.3) is 23.1 Å². The summed E-state index contributed by atoms with van der Waals surface area (Å²) in [6.07, 6.45) is 5.59. The highest BCUT2D eigenvalue weighted by molar-refractivity contribution is 6.04. The molecule has 6 rings (SSSR count). The van der Waals surface area contributed by atoms with Gasteiger partial charge in [-0.2, -0.15) is 5.10 Å². The molecule has 0 atom stereocenters. The average Bonchev–Trinajstić information content (AvgIpc) is 3.48. The molecule has 4 aromatic carbocycles. The van der Waals surface area contributed by atoms with Crippen molar-refractivity contribution in [2.75, 3.05) is 20.8 Å². The topological polar surface area (TPSA) is 75.5 Å². The van der Waals surface area contributed by atoms with E-state index in [-0.39, 0.29) is 6.61 Å². The number of pyridine rings is 1. The van der Waals surface area contributed by atoms with E-state index in [2.05, 4.69) is 41.4 Å². The van der Waals surface area contributed by atoms with Gasteiger partial charge in [0.05, 0.1) is 37.4 Å². The monoisotopic (exact) mass is 595 g/mol. The number of hydrogen-bond acceptors (Lipinski definition) is 6. The van der Waals surface area contributed by atoms with Crippen molar-refractivity contribution in [3.8, 4) is 11.6 Å². The van der Waals surface area contributed by atoms with Gasteiger partial charge in [0, 0.05) is 12.3 Å². The number of hydrogen-bond donors (Lipinski definition) is 0. The zero-order chi connectivity index (χ0) is 31.2. The second-order valence-corrected chi connectivity index (χ2v) is 10.3. The molecule has 0 N–H and O–H groups in total. The molecule has 224 valence electrons. The van der Waals surface area contributed by atoms with Gasteiger partial charge in [0.25, 0.3) is 0 Å². The quantitative estimate of drug-likeness (QED) is 0.120. The Morgan fingerprint density at radius 2 is 1.36 bits per heavy atom. The van der Waals surface area contributed by atoms with Gasteiger partial charge in [0.1, 0.15) is 16.9 Å². The molecule has 0 aliphatic carbocycles. The molecule has 2 heterocycles. The number of rotatable bonds is 10. The van der Waals surface area contributed by atoms with E-state index in [1.165, 1.54) is 0 Å². The van der Waals surface area contributed by atoms with Crippen LogP contribution in [0.5, 0.6) is 11.6 Å². The minimum absolute atomic E-state index is 0.246. The third kappa shape index (κ3) is 5.33. The molecular formula is C38H33N3O4. The first-order chi connectivity index (χ1) is 22.1. The van der Waals surface area contributed by atoms with E-state index in [1.807, 2.05) is 83.6 Å². The van der Waals surface area contributed by atoms with Crippen LogP contribution in [-0.2, 0) is 10.3 Å². The molecule has 45 heavy (non-hydrogen) atoms. The summed E-state index contributed by atoms with van der Waals surface area (Å²) in [6.45, 7) is 2.03. The normalized spacial score (nSPS) is 11.5. The SMILES string of the molecule is CCOC(=O)c1ccc2c(c(C=Cc3ccc(OC)nc3)nn2C(c2ccccc2)(c2ccccc2)c2ccccc2)c1OC. The summed E-state index contributed by atoms with van der Waals surface area (Å²) in [5, 5.41) is 6.04. The van der Waals surface area contributed by atoms with E-state index in [0.29, 0.717) is 28.3 Å². The van der Waals surface area contributed by atoms with Crippen molar-refractivity contribution in [1.29, 1.82) is 0 Å². The van der Waals surface area contributed by atoms with Crippen LogP contribution in [0.4, 0.5) is 0 Å². The molecular weight excluding hydrogens is 562 g/mol. The Labute approximate surface area is 262 Å². The standard InChI is InChI=1S/C38H33N3O4/c1-4-45-37(42)31-22-24-33-35(36(31)44-3)32(23-20-27-21-25-34(43-2)39-26-27)40-41(33)38(28-14-8-5-9-15-28,29-16-10-6-11-17-29)30-18-12-7-13-19-30/h5-26H,4H2,1-3H3. The highest BCUT2D eigenvalue weighted by Crippen LogP contribution is 2.45. The number of carbonyl (C=O) groups is 1. The molecule has 0 bridgehead atoms. The van der Waals surface area contributed by atoms with E-state index in [4.69, 9.17) is 19.3 Å². The third-order valence-corrected chi connectivity index (χ3v) is 7.82. The van der Waals surface area contributed by atoms with Crippen LogP contribution in [0.2, 0.25) is 0 Å². The van der Waals surface area contributed by atoms with Crippen LogP contribution in [0.15, 0.2) is 121 Å². The molecule has 0 saturated heterocycles. The van der Waals surface area contributed by atoms with Crippen LogP contribution in [-0.4, -0.2) is 41.6 Å². The highest BCUT2D eigenvalue weighted by Gasteiger charge is 2.41. The summed E-state index contributed by atoms with van der Waals surface area (Å²) in [4.78, 5) is 17.5. The maximum absolute atomic E-state index is 13.1. The summed E-state index contributed by atoms with van der Waals surface area (Å²) in [7, 11) is 3.15. The lowest BCUT2D eigenvalue weighted by Crippen LogP contribution is -2.38. The maximum atomic E-state index is 13.1. The van der Waals surface area contributed by atoms with Gasteiger partial charge in [0.15, 0.2) is 0 Å². The number of ether oxygens (including phenoxy) is 3. The zero-order valence-corrected chi connectivity index (χ0v) is 25.4. The molecule has 0 aliphatic heterocycles. The predicted octanol–water partition coefficient (Wildman–Crippen LogP) is 7.64. The van der Waals surface area contributed by atoms with Crippen LogP contribution in [0, 0.1) is 0 Å². The third-order valence-electron chi connectivity index (χ3n) is 7.82. The van der Waals surface area contributed by atoms with E-state index in [0.717, 1.165) is 27.8 Å². The average molecular weight is 596 g/mol. The van der Waals surface area contributed by atoms with Crippen LogP contribution in [0.1, 0.15) is 45.2 Å². The molecule has 7 nitrogen and oxygen atoms in total. The summed E-state index contributed by atoms with van der Waals surface area (Å²) in [5.74, 6) is 0.465. The molecule has 2 aromatic heterocycles. The van der Waals surface area contributed by atoms with Crippen LogP contribution < -0.4 is 9.47 Å². The lowest BCUT2D eigenvalue weighted by Gasteiger charge is -2.37. The minimum Gasteiger partial charge on any atom is -0.495 e. The number of aromatic nitrogens is 3. The van der Waals surface area contributed by atoms with E-state index in [9.17, 15) is 4.79 Å². The summed E-state index contributed by atoms with van der Waals surface area (Å²) >= 11 is 0. The predicted molar refractivity (Wildman–Crippen MR) is 177 cm³/mol. The van der Waals surface area contributed by atoms with E-state index >= 15 is 0 Å². The minimum atomic E-state index is -0.883. The highest BCUT2D eigenvalue weighted by atomic mass is 16.5. The smallest absolute Gasteiger partial charge is 0.341 e. The molecule has 0 aliphatic rings. The van der Waals surface area contributed by atoms with Crippen molar-refractivity contribution < 1.29 is 19.0 Å². The van der Waals surface area contributed by atoms with Crippen molar-refractivity contribution in [3.05, 3.63) is 155 Å². The van der Waals surface area contributed by atoms with E-state index in [1.54, 1.807) is 39.5 Å². The van der Waals surface area contributed by atoms with Gasteiger partial charge < -0.3 is 14.2 Å². The Morgan fingerprint density at radius 1 is 0.756 bits per heavy atom. The number of fused-ring (bicyclic) bond motifs is 1. The summed E-state index contributed by atoms with van der Waals surface area (Å²) < 4.78 is 18.7. The molecule has 0 spiro atoms. The summed E-state index contributed by atoms with van der Waals surface area (Å²) in [6, 6.07) is 38.4. The van der Waals surface area contributed by atoms with Gasteiger partial charge in [-0.3, -0.25) is 0 Å². The number of esters is 1. The van der Waals surface area contributed by atoms with E-state index < -0.39 is 11.5 Å². The number of methoxy groups -OCH3 is 2. The fraction of sp³-hybridized carbons (Fsp3) is 0.132. The Bertz CT molecular complexity index is 1840. The number of nitrogens with zero attached hydrogens (tertiary/aromatic N) is 3. The van der Waals surface area contributed by atoms with Gasteiger partial charge in [-0.25, -0.2) is 14.5 Å². The molecule has 0 unspecified atom stereocenters. The second kappa shape index (κ2) is 12.9. The molecule has 0 fully saturated rings. The van der Waals surface area contributed by atoms with Crippen molar-refractivity contribution >= 4 is 29.0 Å². The Hall–Kier alpha value is -5.69. The van der Waals surface area contributed by atoms with Crippen LogP contribution in [0.3, 0.4) is 0 Å². The number of carbonyl (C=O) groups excluding carboxylic acids is 1. The lowest BCUT2D eigenvalue weighted by atomic mass is 9.77. The molecule has 0 radical (unpaired) electrons. The van der Waals surface area contributed by atoms with Gasteiger partial charge in [-0.15, -0.1) is 0 Å². The Morgan fingerprint density at radius 3 is 1.84 bits per heavy atom. The van der Waals surface area contributed by atoms with Gasteiger partial charge in [-0.05, 0) is 53.5 Å². The van der Waals surface area contributed by atoms with Gasteiger partial charge >= 0.3 is 5.97 Å². The van der Waals surface area contributed by atoms with Gasteiger partial charge in [0.2, 0.25) is 5.88 Å².